The van der Waals surface area contributed by atoms with Crippen molar-refractivity contribution in [3.05, 3.63) is 10.7 Å². The van der Waals surface area contributed by atoms with Crippen LogP contribution in [0.5, 0.6) is 0 Å². The standard InChI is InChI=1S/C8H9BrF3N3/c1-4-2-6(8(10,11)12)15-7(14-4)5(9)3-13-15/h3-4,6,14H,2H2,1H3. The molecule has 84 valence electrons. The molecule has 0 radical (unpaired) electrons. The Bertz CT molecular complexity index is 374. The zero-order valence-corrected chi connectivity index (χ0v) is 9.43. The van der Waals surface area contributed by atoms with E-state index in [0.717, 1.165) is 4.68 Å². The summed E-state index contributed by atoms with van der Waals surface area (Å²) in [7, 11) is 0. The third-order valence-corrected chi connectivity index (χ3v) is 2.96. The van der Waals surface area contributed by atoms with Crippen molar-refractivity contribution < 1.29 is 13.2 Å². The predicted octanol–water partition coefficient (Wildman–Crippen LogP) is 2.95. The summed E-state index contributed by atoms with van der Waals surface area (Å²) < 4.78 is 39.6. The minimum Gasteiger partial charge on any atom is -0.367 e. The quantitative estimate of drug-likeness (QED) is 0.793. The third-order valence-electron chi connectivity index (χ3n) is 2.38. The Morgan fingerprint density at radius 1 is 1.60 bits per heavy atom. The summed E-state index contributed by atoms with van der Waals surface area (Å²) in [6.45, 7) is 1.72. The highest BCUT2D eigenvalue weighted by molar-refractivity contribution is 9.10. The van der Waals surface area contributed by atoms with E-state index in [-0.39, 0.29) is 12.5 Å². The van der Waals surface area contributed by atoms with Gasteiger partial charge in [-0.1, -0.05) is 0 Å². The highest BCUT2D eigenvalue weighted by Gasteiger charge is 2.45. The number of nitrogens with one attached hydrogen (secondary N) is 1. The van der Waals surface area contributed by atoms with Crippen molar-refractivity contribution in [2.24, 2.45) is 0 Å². The molecule has 2 heterocycles. The Kier molecular flexibility index (Phi) is 2.44. The lowest BCUT2D eigenvalue weighted by Gasteiger charge is -2.31. The summed E-state index contributed by atoms with van der Waals surface area (Å²) in [5, 5.41) is 6.69. The van der Waals surface area contributed by atoms with Crippen LogP contribution < -0.4 is 5.32 Å². The fraction of sp³-hybridized carbons (Fsp3) is 0.625. The molecule has 1 aromatic heterocycles. The van der Waals surface area contributed by atoms with E-state index in [1.807, 2.05) is 0 Å². The van der Waals surface area contributed by atoms with Gasteiger partial charge in [-0.15, -0.1) is 0 Å². The van der Waals surface area contributed by atoms with Crippen LogP contribution in [0.2, 0.25) is 0 Å². The maximum Gasteiger partial charge on any atom is 0.410 e. The number of rotatable bonds is 0. The Morgan fingerprint density at radius 2 is 2.27 bits per heavy atom. The molecule has 1 N–H and O–H groups in total. The fourth-order valence-electron chi connectivity index (χ4n) is 1.71. The molecule has 1 aromatic rings. The van der Waals surface area contributed by atoms with Gasteiger partial charge in [-0.05, 0) is 29.3 Å². The monoisotopic (exact) mass is 283 g/mol. The Balaban J connectivity index is 2.44. The predicted molar refractivity (Wildman–Crippen MR) is 52.7 cm³/mol. The highest BCUT2D eigenvalue weighted by Crippen LogP contribution is 2.41. The van der Waals surface area contributed by atoms with E-state index in [0.29, 0.717) is 10.3 Å². The number of hydrogen-bond donors (Lipinski definition) is 1. The average molecular weight is 284 g/mol. The van der Waals surface area contributed by atoms with E-state index in [4.69, 9.17) is 0 Å². The normalized spacial score (nSPS) is 25.9. The Hall–Kier alpha value is -0.720. The first-order valence-electron chi connectivity index (χ1n) is 4.46. The molecule has 0 saturated heterocycles. The second kappa shape index (κ2) is 3.40. The van der Waals surface area contributed by atoms with Gasteiger partial charge in [-0.25, -0.2) is 4.68 Å². The molecule has 0 aromatic carbocycles. The van der Waals surface area contributed by atoms with Crippen LogP contribution in [-0.2, 0) is 0 Å². The molecule has 2 unspecified atom stereocenters. The molecule has 0 fully saturated rings. The topological polar surface area (TPSA) is 29.9 Å². The molecule has 2 atom stereocenters. The maximum absolute atomic E-state index is 12.7. The number of aromatic nitrogens is 2. The molecule has 0 bridgehead atoms. The summed E-state index contributed by atoms with van der Waals surface area (Å²) in [6, 6.07) is -1.74. The van der Waals surface area contributed by atoms with Crippen molar-refractivity contribution in [2.75, 3.05) is 5.32 Å². The van der Waals surface area contributed by atoms with Crippen molar-refractivity contribution >= 4 is 21.7 Å². The van der Waals surface area contributed by atoms with E-state index < -0.39 is 12.2 Å². The summed E-state index contributed by atoms with van der Waals surface area (Å²) in [5.41, 5.74) is 0. The number of alkyl halides is 3. The third kappa shape index (κ3) is 1.84. The summed E-state index contributed by atoms with van der Waals surface area (Å²) in [5.74, 6) is 0.399. The Morgan fingerprint density at radius 3 is 2.87 bits per heavy atom. The van der Waals surface area contributed by atoms with Crippen molar-refractivity contribution in [2.45, 2.75) is 31.6 Å². The molecule has 3 nitrogen and oxygen atoms in total. The SMILES string of the molecule is CC1CC(C(F)(F)F)n2ncc(Br)c2N1. The lowest BCUT2D eigenvalue weighted by molar-refractivity contribution is -0.173. The van der Waals surface area contributed by atoms with Gasteiger partial charge in [0.2, 0.25) is 0 Å². The summed E-state index contributed by atoms with van der Waals surface area (Å²) >= 11 is 3.16. The van der Waals surface area contributed by atoms with Crippen molar-refractivity contribution in [3.8, 4) is 0 Å². The van der Waals surface area contributed by atoms with Gasteiger partial charge >= 0.3 is 6.18 Å². The van der Waals surface area contributed by atoms with Crippen LogP contribution in [0, 0.1) is 0 Å². The fourth-order valence-corrected chi connectivity index (χ4v) is 2.10. The second-order valence-corrected chi connectivity index (χ2v) is 4.48. The largest absolute Gasteiger partial charge is 0.410 e. The average Bonchev–Trinajstić information content (AvgIpc) is 2.45. The van der Waals surface area contributed by atoms with Gasteiger partial charge in [0, 0.05) is 6.04 Å². The van der Waals surface area contributed by atoms with Crippen molar-refractivity contribution in [1.82, 2.24) is 9.78 Å². The summed E-state index contributed by atoms with van der Waals surface area (Å²) in [6.07, 6.45) is -2.87. The molecule has 2 rings (SSSR count). The van der Waals surface area contributed by atoms with Gasteiger partial charge in [0.05, 0.1) is 10.7 Å². The van der Waals surface area contributed by atoms with Crippen molar-refractivity contribution in [1.29, 1.82) is 0 Å². The number of nitrogens with zero attached hydrogens (tertiary/aromatic N) is 2. The van der Waals surface area contributed by atoms with E-state index in [9.17, 15) is 13.2 Å². The Labute approximate surface area is 92.8 Å². The first-order valence-corrected chi connectivity index (χ1v) is 5.25. The molecule has 1 aliphatic heterocycles. The van der Waals surface area contributed by atoms with E-state index >= 15 is 0 Å². The number of hydrogen-bond acceptors (Lipinski definition) is 2. The molecule has 0 aliphatic carbocycles. The number of anilines is 1. The molecular weight excluding hydrogens is 275 g/mol. The molecule has 0 amide bonds. The zero-order valence-electron chi connectivity index (χ0n) is 7.85. The maximum atomic E-state index is 12.7. The lowest BCUT2D eigenvalue weighted by Crippen LogP contribution is -2.37. The smallest absolute Gasteiger partial charge is 0.367 e. The minimum absolute atomic E-state index is 0.00458. The van der Waals surface area contributed by atoms with E-state index in [1.54, 1.807) is 6.92 Å². The highest BCUT2D eigenvalue weighted by atomic mass is 79.9. The molecule has 0 saturated carbocycles. The van der Waals surface area contributed by atoms with Crippen LogP contribution in [0.4, 0.5) is 19.0 Å². The minimum atomic E-state index is -4.25. The van der Waals surface area contributed by atoms with Crippen LogP contribution in [0.15, 0.2) is 10.7 Å². The second-order valence-electron chi connectivity index (χ2n) is 3.62. The molecule has 0 spiro atoms. The van der Waals surface area contributed by atoms with Crippen LogP contribution in [0.25, 0.3) is 0 Å². The first-order chi connectivity index (χ1) is 6.89. The van der Waals surface area contributed by atoms with Gasteiger partial charge in [0.1, 0.15) is 5.82 Å². The molecule has 7 heteroatoms. The molecule has 1 aliphatic rings. The van der Waals surface area contributed by atoms with Gasteiger partial charge in [0.15, 0.2) is 6.04 Å². The van der Waals surface area contributed by atoms with Crippen LogP contribution in [0.1, 0.15) is 19.4 Å². The van der Waals surface area contributed by atoms with Crippen LogP contribution >= 0.6 is 15.9 Å². The van der Waals surface area contributed by atoms with Crippen LogP contribution in [0.3, 0.4) is 0 Å². The van der Waals surface area contributed by atoms with E-state index in [1.165, 1.54) is 6.20 Å². The van der Waals surface area contributed by atoms with Gasteiger partial charge < -0.3 is 5.32 Å². The number of fused-ring (bicyclic) bond motifs is 1. The van der Waals surface area contributed by atoms with Gasteiger partial charge in [-0.3, -0.25) is 0 Å². The van der Waals surface area contributed by atoms with Crippen LogP contribution in [-0.4, -0.2) is 22.0 Å². The molecule has 15 heavy (non-hydrogen) atoms. The lowest BCUT2D eigenvalue weighted by atomic mass is 10.1. The van der Waals surface area contributed by atoms with E-state index in [2.05, 4.69) is 26.3 Å². The summed E-state index contributed by atoms with van der Waals surface area (Å²) in [4.78, 5) is 0. The first kappa shape index (κ1) is 10.8. The zero-order chi connectivity index (χ0) is 11.2. The van der Waals surface area contributed by atoms with Gasteiger partial charge in [0.25, 0.3) is 0 Å². The molecular formula is C8H9BrF3N3. The van der Waals surface area contributed by atoms with Crippen molar-refractivity contribution in [3.63, 3.8) is 0 Å². The number of halogens is 4. The van der Waals surface area contributed by atoms with Gasteiger partial charge in [-0.2, -0.15) is 18.3 Å².